The van der Waals surface area contributed by atoms with Crippen LogP contribution in [0.3, 0.4) is 0 Å². The monoisotopic (exact) mass is 269 g/mol. The topological polar surface area (TPSA) is 67.5 Å². The number of imidazole rings is 1. The van der Waals surface area contributed by atoms with Crippen molar-refractivity contribution in [2.75, 3.05) is 0 Å². The van der Waals surface area contributed by atoms with Gasteiger partial charge in [0.2, 0.25) is 5.78 Å². The SMILES string of the molecule is CCc1nc2nc(C(=O)O)cn2cc1Br. The van der Waals surface area contributed by atoms with E-state index in [2.05, 4.69) is 25.9 Å². The molecule has 0 atom stereocenters. The first kappa shape index (κ1) is 10.1. The van der Waals surface area contributed by atoms with E-state index in [4.69, 9.17) is 5.11 Å². The molecule has 0 aliphatic rings. The Kier molecular flexibility index (Phi) is 2.44. The molecule has 0 spiro atoms. The highest BCUT2D eigenvalue weighted by Gasteiger charge is 2.11. The number of carbonyl (C=O) groups is 1. The average Bonchev–Trinajstić information content (AvgIpc) is 2.59. The summed E-state index contributed by atoms with van der Waals surface area (Å²) in [5.74, 6) is -0.637. The molecule has 0 radical (unpaired) electrons. The molecule has 2 aromatic heterocycles. The van der Waals surface area contributed by atoms with E-state index in [1.54, 1.807) is 10.6 Å². The van der Waals surface area contributed by atoms with Gasteiger partial charge in [-0.1, -0.05) is 6.92 Å². The zero-order valence-corrected chi connectivity index (χ0v) is 9.52. The van der Waals surface area contributed by atoms with E-state index in [1.807, 2.05) is 6.92 Å². The van der Waals surface area contributed by atoms with Gasteiger partial charge in [-0.15, -0.1) is 0 Å². The third kappa shape index (κ3) is 1.72. The summed E-state index contributed by atoms with van der Waals surface area (Å²) in [5.41, 5.74) is 0.868. The smallest absolute Gasteiger partial charge is 0.356 e. The van der Waals surface area contributed by atoms with Gasteiger partial charge in [-0.05, 0) is 22.4 Å². The van der Waals surface area contributed by atoms with Crippen molar-refractivity contribution in [3.8, 4) is 0 Å². The molecule has 2 rings (SSSR count). The van der Waals surface area contributed by atoms with E-state index in [0.717, 1.165) is 16.6 Å². The number of carboxylic acids is 1. The molecule has 0 saturated carbocycles. The van der Waals surface area contributed by atoms with E-state index in [-0.39, 0.29) is 5.69 Å². The van der Waals surface area contributed by atoms with Crippen molar-refractivity contribution in [2.45, 2.75) is 13.3 Å². The largest absolute Gasteiger partial charge is 0.476 e. The van der Waals surface area contributed by atoms with Crippen LogP contribution >= 0.6 is 15.9 Å². The molecule has 0 unspecified atom stereocenters. The predicted molar refractivity (Wildman–Crippen MR) is 57.0 cm³/mol. The Morgan fingerprint density at radius 3 is 2.87 bits per heavy atom. The van der Waals surface area contributed by atoms with Gasteiger partial charge in [0.05, 0.1) is 10.2 Å². The second kappa shape index (κ2) is 3.62. The Morgan fingerprint density at radius 2 is 2.27 bits per heavy atom. The lowest BCUT2D eigenvalue weighted by Crippen LogP contribution is -1.95. The summed E-state index contributed by atoms with van der Waals surface area (Å²) >= 11 is 3.37. The third-order valence-corrected chi connectivity index (χ3v) is 2.69. The molecule has 2 aromatic rings. The van der Waals surface area contributed by atoms with Crippen molar-refractivity contribution in [2.24, 2.45) is 0 Å². The number of aryl methyl sites for hydroxylation is 1. The first-order valence-electron chi connectivity index (χ1n) is 4.39. The molecule has 2 heterocycles. The molecule has 0 aliphatic carbocycles. The Hall–Kier alpha value is -1.43. The first-order valence-corrected chi connectivity index (χ1v) is 5.18. The van der Waals surface area contributed by atoms with Gasteiger partial charge in [0, 0.05) is 12.4 Å². The highest BCUT2D eigenvalue weighted by atomic mass is 79.9. The Bertz CT molecular complexity index is 535. The number of halogens is 1. The maximum absolute atomic E-state index is 10.7. The molecule has 0 bridgehead atoms. The number of aromatic nitrogens is 3. The molecule has 6 heteroatoms. The molecule has 15 heavy (non-hydrogen) atoms. The molecular formula is C9H8BrN3O2. The highest BCUT2D eigenvalue weighted by molar-refractivity contribution is 9.10. The molecule has 0 aromatic carbocycles. The number of carboxylic acid groups (broad SMARTS) is 1. The minimum absolute atomic E-state index is 0.00246. The zero-order chi connectivity index (χ0) is 11.0. The first-order chi connectivity index (χ1) is 7.11. The maximum Gasteiger partial charge on any atom is 0.356 e. The summed E-state index contributed by atoms with van der Waals surface area (Å²) in [5, 5.41) is 8.77. The van der Waals surface area contributed by atoms with Gasteiger partial charge in [0.15, 0.2) is 5.69 Å². The summed E-state index contributed by atoms with van der Waals surface area (Å²) in [7, 11) is 0. The summed E-state index contributed by atoms with van der Waals surface area (Å²) in [4.78, 5) is 18.8. The summed E-state index contributed by atoms with van der Waals surface area (Å²) < 4.78 is 2.44. The standard InChI is InChI=1S/C9H8BrN3O2/c1-2-6-5(10)3-13-4-7(8(14)15)12-9(13)11-6/h3-4H,2H2,1H3,(H,14,15). The number of nitrogens with zero attached hydrogens (tertiary/aromatic N) is 3. The highest BCUT2D eigenvalue weighted by Crippen LogP contribution is 2.16. The van der Waals surface area contributed by atoms with Gasteiger partial charge >= 0.3 is 5.97 Å². The number of fused-ring (bicyclic) bond motifs is 1. The van der Waals surface area contributed by atoms with Crippen LogP contribution < -0.4 is 0 Å². The summed E-state index contributed by atoms with van der Waals surface area (Å²) in [6.45, 7) is 1.98. The van der Waals surface area contributed by atoms with Crippen LogP contribution in [0.1, 0.15) is 23.1 Å². The van der Waals surface area contributed by atoms with Crippen LogP contribution in [0.5, 0.6) is 0 Å². The van der Waals surface area contributed by atoms with Crippen LogP contribution in [-0.2, 0) is 6.42 Å². The van der Waals surface area contributed by atoms with Gasteiger partial charge in [0.1, 0.15) is 0 Å². The van der Waals surface area contributed by atoms with Crippen molar-refractivity contribution in [3.63, 3.8) is 0 Å². The molecule has 78 valence electrons. The maximum atomic E-state index is 10.7. The molecule has 5 nitrogen and oxygen atoms in total. The van der Waals surface area contributed by atoms with Crippen LogP contribution in [-0.4, -0.2) is 25.4 Å². The van der Waals surface area contributed by atoms with Crippen molar-refractivity contribution in [1.29, 1.82) is 0 Å². The van der Waals surface area contributed by atoms with E-state index in [0.29, 0.717) is 5.78 Å². The van der Waals surface area contributed by atoms with E-state index in [1.165, 1.54) is 6.20 Å². The van der Waals surface area contributed by atoms with Gasteiger partial charge < -0.3 is 5.11 Å². The number of hydrogen-bond donors (Lipinski definition) is 1. The van der Waals surface area contributed by atoms with Gasteiger partial charge in [-0.25, -0.2) is 14.8 Å². The Morgan fingerprint density at radius 1 is 1.53 bits per heavy atom. The summed E-state index contributed by atoms with van der Waals surface area (Å²) in [6, 6.07) is 0. The number of hydrogen-bond acceptors (Lipinski definition) is 3. The average molecular weight is 270 g/mol. The van der Waals surface area contributed by atoms with Crippen molar-refractivity contribution >= 4 is 27.7 Å². The summed E-state index contributed by atoms with van der Waals surface area (Å²) in [6.07, 6.45) is 3.97. The fourth-order valence-electron chi connectivity index (χ4n) is 1.28. The number of aromatic carboxylic acids is 1. The second-order valence-electron chi connectivity index (χ2n) is 3.03. The van der Waals surface area contributed by atoms with E-state index >= 15 is 0 Å². The molecule has 0 aliphatic heterocycles. The van der Waals surface area contributed by atoms with Crippen molar-refractivity contribution in [1.82, 2.24) is 14.4 Å². The molecule has 0 amide bonds. The Labute approximate surface area is 93.9 Å². The quantitative estimate of drug-likeness (QED) is 0.902. The van der Waals surface area contributed by atoms with E-state index in [9.17, 15) is 4.79 Å². The molecule has 1 N–H and O–H groups in total. The van der Waals surface area contributed by atoms with Gasteiger partial charge in [0.25, 0.3) is 0 Å². The van der Waals surface area contributed by atoms with Crippen LogP contribution in [0.4, 0.5) is 0 Å². The molecule has 0 saturated heterocycles. The van der Waals surface area contributed by atoms with E-state index < -0.39 is 5.97 Å². The molecule has 0 fully saturated rings. The van der Waals surface area contributed by atoms with Crippen molar-refractivity contribution < 1.29 is 9.90 Å². The Balaban J connectivity index is 2.66. The normalized spacial score (nSPS) is 10.8. The lowest BCUT2D eigenvalue weighted by atomic mass is 10.3. The third-order valence-electron chi connectivity index (χ3n) is 2.03. The van der Waals surface area contributed by atoms with Gasteiger partial charge in [-0.2, -0.15) is 0 Å². The second-order valence-corrected chi connectivity index (χ2v) is 3.88. The fourth-order valence-corrected chi connectivity index (χ4v) is 1.87. The zero-order valence-electron chi connectivity index (χ0n) is 7.94. The minimum atomic E-state index is -1.05. The van der Waals surface area contributed by atoms with Crippen LogP contribution in [0, 0.1) is 0 Å². The fraction of sp³-hybridized carbons (Fsp3) is 0.222. The van der Waals surface area contributed by atoms with Crippen LogP contribution in [0.2, 0.25) is 0 Å². The van der Waals surface area contributed by atoms with Crippen molar-refractivity contribution in [3.05, 3.63) is 28.3 Å². The lowest BCUT2D eigenvalue weighted by molar-refractivity contribution is 0.0691. The number of rotatable bonds is 2. The van der Waals surface area contributed by atoms with Crippen LogP contribution in [0.15, 0.2) is 16.9 Å². The lowest BCUT2D eigenvalue weighted by Gasteiger charge is -2.00. The predicted octanol–water partition coefficient (Wildman–Crippen LogP) is 1.75. The van der Waals surface area contributed by atoms with Crippen LogP contribution in [0.25, 0.3) is 5.78 Å². The van der Waals surface area contributed by atoms with Gasteiger partial charge in [-0.3, -0.25) is 4.40 Å². The minimum Gasteiger partial charge on any atom is -0.476 e. The molecular weight excluding hydrogens is 262 g/mol.